The Labute approximate surface area is 224 Å². The van der Waals surface area contributed by atoms with Crippen molar-refractivity contribution in [3.05, 3.63) is 66.1 Å². The molecule has 0 unspecified atom stereocenters. The van der Waals surface area contributed by atoms with Gasteiger partial charge in [-0.2, -0.15) is 4.98 Å². The van der Waals surface area contributed by atoms with Crippen LogP contribution in [0.15, 0.2) is 53.1 Å². The fraction of sp³-hybridized carbons (Fsp3) is 0.379. The van der Waals surface area contributed by atoms with E-state index in [1.54, 1.807) is 6.07 Å². The molecule has 39 heavy (non-hydrogen) atoms. The molecule has 2 aromatic carbocycles. The number of nitrogens with zero attached hydrogens (tertiary/aromatic N) is 3. The molecule has 8 nitrogen and oxygen atoms in total. The van der Waals surface area contributed by atoms with E-state index in [1.165, 1.54) is 18.3 Å². The molecule has 2 N–H and O–H groups in total. The lowest BCUT2D eigenvalue weighted by Gasteiger charge is -2.34. The average Bonchev–Trinajstić information content (AvgIpc) is 3.55. The van der Waals surface area contributed by atoms with Gasteiger partial charge in [0, 0.05) is 36.6 Å². The molecule has 0 aliphatic carbocycles. The summed E-state index contributed by atoms with van der Waals surface area (Å²) in [5, 5.41) is 3.06. The van der Waals surface area contributed by atoms with Crippen LogP contribution in [0.5, 0.6) is 0 Å². The third-order valence-corrected chi connectivity index (χ3v) is 7.27. The van der Waals surface area contributed by atoms with Gasteiger partial charge in [-0.3, -0.25) is 9.59 Å². The van der Waals surface area contributed by atoms with E-state index in [1.807, 2.05) is 36.9 Å². The van der Waals surface area contributed by atoms with Crippen molar-refractivity contribution in [3.63, 3.8) is 0 Å². The number of fused-ring (bicyclic) bond motifs is 1. The Bertz CT molecular complexity index is 1450. The number of likely N-dealkylation sites (tertiary alicyclic amines) is 1. The van der Waals surface area contributed by atoms with E-state index in [-0.39, 0.29) is 48.1 Å². The number of benzene rings is 2. The second-order valence-electron chi connectivity index (χ2n) is 10.2. The van der Waals surface area contributed by atoms with Crippen molar-refractivity contribution in [2.45, 2.75) is 64.0 Å². The number of ketones is 1. The van der Waals surface area contributed by atoms with Crippen LogP contribution in [0.1, 0.15) is 57.7 Å². The standard InChI is InChI=1S/C29H31F2N5O3/c1-17(28-32-16-24(33-28)20-11-10-19(30)14-21(20)31)13-25(37)23(15-27(38)36-12-6-5-7-18(36)2)35-29-34-22-8-3-4-9-26(22)39-29/h3-4,8-11,14,16-18,23H,5-7,12-13,15H2,1-2H3,(H,32,33)(H,34,35)/t17-,18+,23+/m1/s1. The third-order valence-electron chi connectivity index (χ3n) is 7.27. The van der Waals surface area contributed by atoms with Crippen LogP contribution in [-0.2, 0) is 9.59 Å². The van der Waals surface area contributed by atoms with E-state index in [4.69, 9.17) is 4.42 Å². The highest BCUT2D eigenvalue weighted by Crippen LogP contribution is 2.27. The molecule has 1 aliphatic rings. The van der Waals surface area contributed by atoms with Crippen LogP contribution < -0.4 is 5.32 Å². The molecule has 0 spiro atoms. The quantitative estimate of drug-likeness (QED) is 0.279. The molecule has 0 radical (unpaired) electrons. The normalized spacial score (nSPS) is 17.2. The second-order valence-corrected chi connectivity index (χ2v) is 10.2. The van der Waals surface area contributed by atoms with Crippen molar-refractivity contribution < 1.29 is 22.8 Å². The van der Waals surface area contributed by atoms with Crippen LogP contribution in [0.3, 0.4) is 0 Å². The first-order valence-corrected chi connectivity index (χ1v) is 13.2. The summed E-state index contributed by atoms with van der Waals surface area (Å²) in [7, 11) is 0. The molecule has 5 rings (SSSR count). The Morgan fingerprint density at radius 2 is 2.00 bits per heavy atom. The van der Waals surface area contributed by atoms with Crippen molar-refractivity contribution in [2.24, 2.45) is 0 Å². The highest BCUT2D eigenvalue weighted by molar-refractivity contribution is 5.92. The van der Waals surface area contributed by atoms with Gasteiger partial charge in [-0.15, -0.1) is 0 Å². The lowest BCUT2D eigenvalue weighted by Crippen LogP contribution is -2.45. The largest absolute Gasteiger partial charge is 0.424 e. The summed E-state index contributed by atoms with van der Waals surface area (Å²) >= 11 is 0. The number of para-hydroxylation sites is 2. The van der Waals surface area contributed by atoms with E-state index in [2.05, 4.69) is 20.3 Å². The fourth-order valence-electron chi connectivity index (χ4n) is 5.06. The minimum Gasteiger partial charge on any atom is -0.424 e. The minimum atomic E-state index is -0.855. The van der Waals surface area contributed by atoms with Crippen LogP contribution in [0.25, 0.3) is 22.4 Å². The molecule has 0 saturated carbocycles. The van der Waals surface area contributed by atoms with Gasteiger partial charge < -0.3 is 19.6 Å². The summed E-state index contributed by atoms with van der Waals surface area (Å²) in [4.78, 5) is 40.5. The van der Waals surface area contributed by atoms with Crippen molar-refractivity contribution in [3.8, 4) is 11.3 Å². The number of hydrogen-bond acceptors (Lipinski definition) is 6. The molecule has 1 amide bonds. The zero-order valence-corrected chi connectivity index (χ0v) is 21.9. The molecule has 4 aromatic rings. The molecule has 10 heteroatoms. The minimum absolute atomic E-state index is 0.0290. The lowest BCUT2D eigenvalue weighted by atomic mass is 9.96. The summed E-state index contributed by atoms with van der Waals surface area (Å²) in [6.07, 6.45) is 4.47. The second kappa shape index (κ2) is 11.3. The molecular weight excluding hydrogens is 504 g/mol. The number of imidazole rings is 1. The highest BCUT2D eigenvalue weighted by Gasteiger charge is 2.30. The van der Waals surface area contributed by atoms with E-state index < -0.39 is 17.7 Å². The molecule has 204 valence electrons. The number of nitrogens with one attached hydrogen (secondary N) is 2. The molecule has 3 atom stereocenters. The van der Waals surface area contributed by atoms with Gasteiger partial charge in [-0.05, 0) is 50.5 Å². The number of carbonyl (C=O) groups is 2. The first-order valence-electron chi connectivity index (χ1n) is 13.2. The van der Waals surface area contributed by atoms with Crippen LogP contribution in [0.2, 0.25) is 0 Å². The number of H-pyrrole nitrogens is 1. The van der Waals surface area contributed by atoms with Crippen molar-refractivity contribution in [1.82, 2.24) is 19.9 Å². The Balaban J connectivity index is 1.33. The number of aromatic amines is 1. The van der Waals surface area contributed by atoms with Gasteiger partial charge in [0.25, 0.3) is 6.01 Å². The number of hydrogen-bond donors (Lipinski definition) is 2. The fourth-order valence-corrected chi connectivity index (χ4v) is 5.06. The number of anilines is 1. The predicted octanol–water partition coefficient (Wildman–Crippen LogP) is 5.83. The van der Waals surface area contributed by atoms with Gasteiger partial charge in [0.05, 0.1) is 24.4 Å². The number of oxazole rings is 1. The number of aromatic nitrogens is 3. The lowest BCUT2D eigenvalue weighted by molar-refractivity contribution is -0.136. The molecular formula is C29H31F2N5O3. The van der Waals surface area contributed by atoms with Gasteiger partial charge >= 0.3 is 0 Å². The SMILES string of the molecule is C[C@H](CC(=O)[C@H](CC(=O)N1CCCC[C@@H]1C)Nc1nc2ccccc2o1)c1ncc(-c2ccc(F)cc2F)[nH]1. The maximum atomic E-state index is 14.2. The Morgan fingerprint density at radius 3 is 2.77 bits per heavy atom. The van der Waals surface area contributed by atoms with Crippen LogP contribution in [0, 0.1) is 11.6 Å². The molecule has 3 heterocycles. The number of piperidine rings is 1. The summed E-state index contributed by atoms with van der Waals surface area (Å²) in [5.74, 6) is -1.54. The topological polar surface area (TPSA) is 104 Å². The summed E-state index contributed by atoms with van der Waals surface area (Å²) in [6, 6.07) is 10.0. The van der Waals surface area contributed by atoms with Crippen LogP contribution in [0.4, 0.5) is 14.8 Å². The Kier molecular flexibility index (Phi) is 7.72. The highest BCUT2D eigenvalue weighted by atomic mass is 19.1. The van der Waals surface area contributed by atoms with Crippen molar-refractivity contribution >= 4 is 28.8 Å². The number of rotatable bonds is 9. The Morgan fingerprint density at radius 1 is 1.18 bits per heavy atom. The number of amides is 1. The first-order chi connectivity index (χ1) is 18.8. The summed E-state index contributed by atoms with van der Waals surface area (Å²) in [6.45, 7) is 4.53. The van der Waals surface area contributed by atoms with Crippen molar-refractivity contribution in [1.29, 1.82) is 0 Å². The van der Waals surface area contributed by atoms with E-state index in [9.17, 15) is 18.4 Å². The summed E-state index contributed by atoms with van der Waals surface area (Å²) in [5.41, 5.74) is 1.79. The van der Waals surface area contributed by atoms with E-state index in [0.29, 0.717) is 29.2 Å². The molecule has 1 saturated heterocycles. The maximum absolute atomic E-state index is 14.2. The van der Waals surface area contributed by atoms with Crippen molar-refractivity contribution in [2.75, 3.05) is 11.9 Å². The third kappa shape index (κ3) is 6.00. The summed E-state index contributed by atoms with van der Waals surface area (Å²) < 4.78 is 33.3. The molecule has 0 bridgehead atoms. The van der Waals surface area contributed by atoms with Crippen LogP contribution >= 0.6 is 0 Å². The molecule has 1 fully saturated rings. The smallest absolute Gasteiger partial charge is 0.296 e. The monoisotopic (exact) mass is 535 g/mol. The maximum Gasteiger partial charge on any atom is 0.296 e. The van der Waals surface area contributed by atoms with E-state index in [0.717, 1.165) is 25.3 Å². The van der Waals surface area contributed by atoms with Gasteiger partial charge in [0.1, 0.15) is 23.0 Å². The average molecular weight is 536 g/mol. The zero-order chi connectivity index (χ0) is 27.5. The van der Waals surface area contributed by atoms with Gasteiger partial charge in [0.2, 0.25) is 5.91 Å². The molecule has 2 aromatic heterocycles. The number of Topliss-reactive ketones (excluding diaryl/α,β-unsaturated/α-hetero) is 1. The van der Waals surface area contributed by atoms with Gasteiger partial charge in [-0.25, -0.2) is 13.8 Å². The predicted molar refractivity (Wildman–Crippen MR) is 143 cm³/mol. The first kappa shape index (κ1) is 26.5. The van der Waals surface area contributed by atoms with Crippen LogP contribution in [-0.4, -0.2) is 50.2 Å². The number of carbonyl (C=O) groups excluding carboxylic acids is 2. The molecule has 1 aliphatic heterocycles. The number of halogens is 2. The van der Waals surface area contributed by atoms with Gasteiger partial charge in [-0.1, -0.05) is 19.1 Å². The van der Waals surface area contributed by atoms with Gasteiger partial charge in [0.15, 0.2) is 11.4 Å². The zero-order valence-electron chi connectivity index (χ0n) is 21.9. The van der Waals surface area contributed by atoms with E-state index >= 15 is 0 Å². The Hall–Kier alpha value is -4.08.